The van der Waals surface area contributed by atoms with Crippen LogP contribution < -0.4 is 5.73 Å². The maximum absolute atomic E-state index is 13.1. The van der Waals surface area contributed by atoms with E-state index < -0.39 is 0 Å². The van der Waals surface area contributed by atoms with E-state index in [2.05, 4.69) is 0 Å². The van der Waals surface area contributed by atoms with Crippen LogP contribution in [-0.2, 0) is 0 Å². The Hall–Kier alpha value is -1.80. The van der Waals surface area contributed by atoms with Crippen LogP contribution in [0.3, 0.4) is 0 Å². The highest BCUT2D eigenvalue weighted by molar-refractivity contribution is 8.02. The number of hydrogen-bond acceptors (Lipinski definition) is 3. The van der Waals surface area contributed by atoms with Crippen LogP contribution in [0.4, 0.5) is 4.39 Å². The van der Waals surface area contributed by atoms with E-state index in [1.54, 1.807) is 24.3 Å². The molecule has 1 aromatic rings. The molecule has 1 aromatic carbocycles. The highest BCUT2D eigenvalue weighted by Crippen LogP contribution is 2.23. The molecule has 1 rings (SSSR count). The van der Waals surface area contributed by atoms with Crippen LogP contribution in [-0.4, -0.2) is 5.84 Å². The minimum atomic E-state index is -0.361. The van der Waals surface area contributed by atoms with E-state index in [-0.39, 0.29) is 17.2 Å². The third kappa shape index (κ3) is 3.11. The number of nitrogens with two attached hydrogens (primary N) is 1. The van der Waals surface area contributed by atoms with Crippen molar-refractivity contribution in [2.24, 2.45) is 5.73 Å². The molecule has 3 nitrogen and oxygen atoms in total. The molecule has 0 radical (unpaired) electrons. The Labute approximate surface area is 90.9 Å². The number of nitrogens with zero attached hydrogens (tertiary/aromatic N) is 1. The molecule has 5 heteroatoms. The molecule has 0 aromatic heterocycles. The molecule has 0 spiro atoms. The van der Waals surface area contributed by atoms with Crippen molar-refractivity contribution in [1.29, 1.82) is 10.7 Å². The summed E-state index contributed by atoms with van der Waals surface area (Å²) in [6, 6.07) is 7.95. The van der Waals surface area contributed by atoms with Gasteiger partial charge in [0.25, 0.3) is 0 Å². The van der Waals surface area contributed by atoms with Gasteiger partial charge in [-0.2, -0.15) is 5.26 Å². The first-order valence-electron chi connectivity index (χ1n) is 4.01. The van der Waals surface area contributed by atoms with Gasteiger partial charge in [0.1, 0.15) is 23.3 Å². The fourth-order valence-corrected chi connectivity index (χ4v) is 1.58. The van der Waals surface area contributed by atoms with Gasteiger partial charge in [-0.1, -0.05) is 23.9 Å². The Kier molecular flexibility index (Phi) is 3.89. The Morgan fingerprint density at radius 3 is 2.73 bits per heavy atom. The molecule has 0 unspecified atom stereocenters. The number of benzene rings is 1. The van der Waals surface area contributed by atoms with Crippen molar-refractivity contribution >= 4 is 17.6 Å². The van der Waals surface area contributed by atoms with Crippen molar-refractivity contribution in [3.63, 3.8) is 0 Å². The second-order valence-electron chi connectivity index (χ2n) is 2.61. The molecule has 3 N–H and O–H groups in total. The molecular weight excluding hydrogens is 213 g/mol. The lowest BCUT2D eigenvalue weighted by atomic mass is 10.3. The van der Waals surface area contributed by atoms with Crippen molar-refractivity contribution in [3.8, 4) is 6.07 Å². The molecule has 76 valence electrons. The van der Waals surface area contributed by atoms with Crippen LogP contribution in [0.15, 0.2) is 40.1 Å². The van der Waals surface area contributed by atoms with Gasteiger partial charge in [0.05, 0.1) is 0 Å². The Balaban J connectivity index is 2.85. The van der Waals surface area contributed by atoms with Gasteiger partial charge < -0.3 is 5.73 Å². The fraction of sp³-hybridized carbons (Fsp3) is 0. The van der Waals surface area contributed by atoms with Crippen LogP contribution in [0, 0.1) is 22.6 Å². The first-order chi connectivity index (χ1) is 7.15. The van der Waals surface area contributed by atoms with E-state index >= 15 is 0 Å². The molecule has 0 aliphatic carbocycles. The van der Waals surface area contributed by atoms with Gasteiger partial charge in [0, 0.05) is 4.90 Å². The first-order valence-corrected chi connectivity index (χ1v) is 4.89. The Morgan fingerprint density at radius 1 is 1.53 bits per heavy atom. The maximum Gasteiger partial charge on any atom is 0.137 e. The van der Waals surface area contributed by atoms with E-state index in [9.17, 15) is 4.39 Å². The molecule has 0 amide bonds. The van der Waals surface area contributed by atoms with Gasteiger partial charge in [0.2, 0.25) is 0 Å². The van der Waals surface area contributed by atoms with E-state index in [4.69, 9.17) is 16.4 Å². The average molecular weight is 221 g/mol. The third-order valence-electron chi connectivity index (χ3n) is 1.55. The molecule has 0 heterocycles. The highest BCUT2D eigenvalue weighted by atomic mass is 32.2. The zero-order valence-electron chi connectivity index (χ0n) is 7.70. The summed E-state index contributed by atoms with van der Waals surface area (Å²) in [4.78, 5) is 0.395. The first kappa shape index (κ1) is 11.3. The Morgan fingerprint density at radius 2 is 2.20 bits per heavy atom. The van der Waals surface area contributed by atoms with Crippen molar-refractivity contribution < 1.29 is 4.39 Å². The monoisotopic (exact) mass is 221 g/mol. The SMILES string of the molecule is N#C/C(=C\Sc1ccccc1F)C(=N)N. The summed E-state index contributed by atoms with van der Waals surface area (Å²) < 4.78 is 13.1. The van der Waals surface area contributed by atoms with Crippen molar-refractivity contribution in [3.05, 3.63) is 41.1 Å². The van der Waals surface area contributed by atoms with Crippen LogP contribution in [0.25, 0.3) is 0 Å². The molecule has 0 saturated heterocycles. The fourth-order valence-electron chi connectivity index (χ4n) is 0.813. The number of amidine groups is 1. The average Bonchev–Trinajstić information content (AvgIpc) is 2.21. The summed E-state index contributed by atoms with van der Waals surface area (Å²) in [5.74, 6) is -0.680. The van der Waals surface area contributed by atoms with Gasteiger partial charge in [-0.25, -0.2) is 4.39 Å². The predicted molar refractivity (Wildman–Crippen MR) is 57.9 cm³/mol. The number of nitrogens with one attached hydrogen (secondary N) is 1. The summed E-state index contributed by atoms with van der Waals surface area (Å²) in [6.07, 6.45) is 0. The summed E-state index contributed by atoms with van der Waals surface area (Å²) in [5.41, 5.74) is 5.17. The molecule has 15 heavy (non-hydrogen) atoms. The molecule has 0 fully saturated rings. The van der Waals surface area contributed by atoms with E-state index in [1.165, 1.54) is 11.5 Å². The van der Waals surface area contributed by atoms with E-state index in [0.717, 1.165) is 11.8 Å². The van der Waals surface area contributed by atoms with Crippen molar-refractivity contribution in [2.45, 2.75) is 4.90 Å². The van der Waals surface area contributed by atoms with Gasteiger partial charge >= 0.3 is 0 Å². The summed E-state index contributed by atoms with van der Waals surface area (Å²) in [5, 5.41) is 17.0. The molecule has 0 aliphatic heterocycles. The van der Waals surface area contributed by atoms with Crippen molar-refractivity contribution in [2.75, 3.05) is 0 Å². The minimum Gasteiger partial charge on any atom is -0.383 e. The van der Waals surface area contributed by atoms with Crippen molar-refractivity contribution in [1.82, 2.24) is 0 Å². The number of hydrogen-bond donors (Lipinski definition) is 2. The van der Waals surface area contributed by atoms with Gasteiger partial charge in [-0.05, 0) is 17.5 Å². The third-order valence-corrected chi connectivity index (χ3v) is 2.49. The molecule has 0 saturated carbocycles. The quantitative estimate of drug-likeness (QED) is 0.356. The molecule has 0 atom stereocenters. The predicted octanol–water partition coefficient (Wildman–Crippen LogP) is 2.26. The lowest BCUT2D eigenvalue weighted by molar-refractivity contribution is 0.602. The maximum atomic E-state index is 13.1. The topological polar surface area (TPSA) is 73.7 Å². The summed E-state index contributed by atoms with van der Waals surface area (Å²) in [6.45, 7) is 0. The van der Waals surface area contributed by atoms with Crippen LogP contribution in [0.1, 0.15) is 0 Å². The molecule has 0 bridgehead atoms. The zero-order chi connectivity index (χ0) is 11.3. The van der Waals surface area contributed by atoms with Crippen LogP contribution >= 0.6 is 11.8 Å². The number of nitriles is 1. The van der Waals surface area contributed by atoms with E-state index in [1.807, 2.05) is 0 Å². The molecular formula is C10H8FN3S. The Bertz CT molecular complexity index is 448. The normalized spacial score (nSPS) is 10.8. The smallest absolute Gasteiger partial charge is 0.137 e. The minimum absolute atomic E-state index is 0.0308. The zero-order valence-corrected chi connectivity index (χ0v) is 8.51. The highest BCUT2D eigenvalue weighted by Gasteiger charge is 2.02. The van der Waals surface area contributed by atoms with Crippen LogP contribution in [0.2, 0.25) is 0 Å². The van der Waals surface area contributed by atoms with E-state index in [0.29, 0.717) is 4.90 Å². The lowest BCUT2D eigenvalue weighted by Crippen LogP contribution is -2.11. The largest absolute Gasteiger partial charge is 0.383 e. The standard InChI is InChI=1S/C10H8FN3S/c11-8-3-1-2-4-9(8)15-6-7(5-12)10(13)14/h1-4,6H,(H3,13,14)/b7-6+. The van der Waals surface area contributed by atoms with Gasteiger partial charge in [-0.3, -0.25) is 5.41 Å². The second-order valence-corrected chi connectivity index (χ2v) is 3.52. The van der Waals surface area contributed by atoms with Gasteiger partial charge in [0.15, 0.2) is 0 Å². The van der Waals surface area contributed by atoms with Gasteiger partial charge in [-0.15, -0.1) is 0 Å². The second kappa shape index (κ2) is 5.17. The lowest BCUT2D eigenvalue weighted by Gasteiger charge is -1.98. The molecule has 0 aliphatic rings. The number of rotatable bonds is 3. The van der Waals surface area contributed by atoms with Crippen LogP contribution in [0.5, 0.6) is 0 Å². The number of halogens is 1. The number of thioether (sulfide) groups is 1. The summed E-state index contributed by atoms with van der Waals surface area (Å²) >= 11 is 1.03. The summed E-state index contributed by atoms with van der Waals surface area (Å²) in [7, 11) is 0.